The normalized spacial score (nSPS) is 16.8. The van der Waals surface area contributed by atoms with Crippen LogP contribution in [0, 0.1) is 0 Å². The third-order valence-corrected chi connectivity index (χ3v) is 5.27. The Morgan fingerprint density at radius 2 is 2.19 bits per heavy atom. The summed E-state index contributed by atoms with van der Waals surface area (Å²) in [5.41, 5.74) is 2.58. The van der Waals surface area contributed by atoms with Crippen LogP contribution in [0.2, 0.25) is 0 Å². The first-order chi connectivity index (χ1) is 12.5. The Labute approximate surface area is 152 Å². The van der Waals surface area contributed by atoms with Gasteiger partial charge in [0.05, 0.1) is 28.9 Å². The lowest BCUT2D eigenvalue weighted by atomic mass is 10.1. The van der Waals surface area contributed by atoms with Crippen molar-refractivity contribution in [3.8, 4) is 10.4 Å². The summed E-state index contributed by atoms with van der Waals surface area (Å²) in [6.07, 6.45) is 11.2. The van der Waals surface area contributed by atoms with Crippen LogP contribution in [0.3, 0.4) is 0 Å². The SMILES string of the molecule is CC1NC=C(C=O)C=C1NC(=O)c1cnn2cc(-c3cnn(C)c3)sc12. The van der Waals surface area contributed by atoms with Crippen molar-refractivity contribution in [2.75, 3.05) is 0 Å². The number of thiazole rings is 1. The fourth-order valence-corrected chi connectivity index (χ4v) is 3.72. The molecule has 4 heterocycles. The van der Waals surface area contributed by atoms with E-state index in [1.165, 1.54) is 11.3 Å². The van der Waals surface area contributed by atoms with Crippen molar-refractivity contribution >= 4 is 28.4 Å². The fourth-order valence-electron chi connectivity index (χ4n) is 2.69. The van der Waals surface area contributed by atoms with E-state index in [1.807, 2.05) is 26.4 Å². The molecule has 0 aromatic carbocycles. The highest BCUT2D eigenvalue weighted by atomic mass is 32.1. The minimum atomic E-state index is -0.258. The molecule has 0 spiro atoms. The van der Waals surface area contributed by atoms with E-state index in [0.717, 1.165) is 21.6 Å². The first kappa shape index (κ1) is 16.3. The molecule has 132 valence electrons. The molecule has 1 atom stereocenters. The standard InChI is InChI=1S/C17H16N6O2S/c1-10-14(3-11(9-24)4-18-10)21-16(25)13-6-20-23-8-15(26-17(13)23)12-5-19-22(2)7-12/h3-10,18H,1-2H3,(H,21,25). The molecule has 1 aliphatic rings. The van der Waals surface area contributed by atoms with Gasteiger partial charge in [-0.25, -0.2) is 4.52 Å². The van der Waals surface area contributed by atoms with Crippen LogP contribution >= 0.6 is 11.3 Å². The van der Waals surface area contributed by atoms with Crippen LogP contribution < -0.4 is 10.6 Å². The van der Waals surface area contributed by atoms with Crippen molar-refractivity contribution in [3.63, 3.8) is 0 Å². The third-order valence-electron chi connectivity index (χ3n) is 4.11. The molecule has 9 heteroatoms. The van der Waals surface area contributed by atoms with Gasteiger partial charge in [0.15, 0.2) is 6.29 Å². The molecule has 0 saturated heterocycles. The fraction of sp³-hybridized carbons (Fsp3) is 0.176. The summed E-state index contributed by atoms with van der Waals surface area (Å²) in [5.74, 6) is -0.258. The summed E-state index contributed by atoms with van der Waals surface area (Å²) in [7, 11) is 1.86. The van der Waals surface area contributed by atoms with Crippen molar-refractivity contribution in [3.05, 3.63) is 53.9 Å². The summed E-state index contributed by atoms with van der Waals surface area (Å²) in [4.78, 5) is 25.4. The number of aryl methyl sites for hydroxylation is 1. The van der Waals surface area contributed by atoms with E-state index in [4.69, 9.17) is 0 Å². The Morgan fingerprint density at radius 1 is 1.35 bits per heavy atom. The average Bonchev–Trinajstić information content (AvgIpc) is 3.31. The number of aromatic nitrogens is 4. The van der Waals surface area contributed by atoms with Crippen LogP contribution in [0.25, 0.3) is 15.3 Å². The molecule has 0 bridgehead atoms. The molecule has 0 aliphatic carbocycles. The molecule has 8 nitrogen and oxygen atoms in total. The van der Waals surface area contributed by atoms with Gasteiger partial charge >= 0.3 is 0 Å². The molecule has 1 aliphatic heterocycles. The van der Waals surface area contributed by atoms with Crippen LogP contribution in [0.1, 0.15) is 17.3 Å². The van der Waals surface area contributed by atoms with Crippen molar-refractivity contribution in [2.45, 2.75) is 13.0 Å². The first-order valence-corrected chi connectivity index (χ1v) is 8.77. The van der Waals surface area contributed by atoms with Gasteiger partial charge in [0.2, 0.25) is 0 Å². The first-order valence-electron chi connectivity index (χ1n) is 7.95. The third kappa shape index (κ3) is 2.82. The Morgan fingerprint density at radius 3 is 2.92 bits per heavy atom. The van der Waals surface area contributed by atoms with E-state index in [-0.39, 0.29) is 11.9 Å². The van der Waals surface area contributed by atoms with E-state index in [1.54, 1.807) is 33.9 Å². The van der Waals surface area contributed by atoms with Gasteiger partial charge in [-0.2, -0.15) is 10.2 Å². The number of allylic oxidation sites excluding steroid dienone is 2. The molecule has 26 heavy (non-hydrogen) atoms. The minimum absolute atomic E-state index is 0.0944. The van der Waals surface area contributed by atoms with E-state index < -0.39 is 0 Å². The largest absolute Gasteiger partial charge is 0.382 e. The van der Waals surface area contributed by atoms with Gasteiger partial charge in [0, 0.05) is 42.5 Å². The number of nitrogens with zero attached hydrogens (tertiary/aromatic N) is 4. The lowest BCUT2D eigenvalue weighted by Gasteiger charge is -2.21. The van der Waals surface area contributed by atoms with Gasteiger partial charge in [-0.3, -0.25) is 14.3 Å². The molecule has 4 rings (SSSR count). The number of carbonyl (C=O) groups excluding carboxylic acids is 2. The van der Waals surface area contributed by atoms with E-state index in [0.29, 0.717) is 16.8 Å². The lowest BCUT2D eigenvalue weighted by molar-refractivity contribution is -0.104. The molecule has 3 aromatic rings. The molecular formula is C17H16N6O2S. The van der Waals surface area contributed by atoms with Crippen molar-refractivity contribution < 1.29 is 9.59 Å². The Kier molecular flexibility index (Phi) is 3.92. The van der Waals surface area contributed by atoms with Gasteiger partial charge in [-0.15, -0.1) is 11.3 Å². The van der Waals surface area contributed by atoms with Crippen LogP contribution in [0.15, 0.2) is 48.3 Å². The molecule has 3 aromatic heterocycles. The summed E-state index contributed by atoms with van der Waals surface area (Å²) < 4.78 is 3.42. The highest BCUT2D eigenvalue weighted by molar-refractivity contribution is 7.21. The summed E-state index contributed by atoms with van der Waals surface area (Å²) in [6, 6.07) is -0.0944. The van der Waals surface area contributed by atoms with Crippen LogP contribution in [-0.4, -0.2) is 37.6 Å². The molecule has 0 radical (unpaired) electrons. The average molecular weight is 368 g/mol. The molecule has 0 fully saturated rings. The molecule has 2 N–H and O–H groups in total. The van der Waals surface area contributed by atoms with Gasteiger partial charge < -0.3 is 10.6 Å². The highest BCUT2D eigenvalue weighted by Gasteiger charge is 2.20. The number of fused-ring (bicyclic) bond motifs is 1. The topological polar surface area (TPSA) is 93.3 Å². The van der Waals surface area contributed by atoms with Gasteiger partial charge in [-0.1, -0.05) is 0 Å². The number of amides is 1. The monoisotopic (exact) mass is 368 g/mol. The minimum Gasteiger partial charge on any atom is -0.382 e. The van der Waals surface area contributed by atoms with Crippen molar-refractivity contribution in [2.24, 2.45) is 7.05 Å². The Bertz CT molecular complexity index is 1070. The number of dihydropyridines is 1. The maximum absolute atomic E-state index is 12.7. The maximum atomic E-state index is 12.7. The summed E-state index contributed by atoms with van der Waals surface area (Å²) in [6.45, 7) is 1.91. The molecule has 1 unspecified atom stereocenters. The van der Waals surface area contributed by atoms with Crippen LogP contribution in [0.5, 0.6) is 0 Å². The second-order valence-corrected chi connectivity index (χ2v) is 7.04. The number of nitrogens with one attached hydrogen (secondary N) is 2. The number of rotatable bonds is 4. The number of hydrogen-bond donors (Lipinski definition) is 2. The molecule has 0 saturated carbocycles. The summed E-state index contributed by atoms with van der Waals surface area (Å²) in [5, 5.41) is 14.4. The van der Waals surface area contributed by atoms with E-state index in [2.05, 4.69) is 20.8 Å². The second-order valence-electron chi connectivity index (χ2n) is 6.01. The quantitative estimate of drug-likeness (QED) is 0.681. The predicted octanol–water partition coefficient (Wildman–Crippen LogP) is 1.48. The maximum Gasteiger partial charge on any atom is 0.260 e. The van der Waals surface area contributed by atoms with Gasteiger partial charge in [0.1, 0.15) is 4.83 Å². The van der Waals surface area contributed by atoms with Crippen LogP contribution in [-0.2, 0) is 11.8 Å². The zero-order valence-corrected chi connectivity index (χ0v) is 14.9. The van der Waals surface area contributed by atoms with E-state index >= 15 is 0 Å². The second kappa shape index (κ2) is 6.26. The zero-order chi connectivity index (χ0) is 18.3. The van der Waals surface area contributed by atoms with E-state index in [9.17, 15) is 9.59 Å². The van der Waals surface area contributed by atoms with Crippen molar-refractivity contribution in [1.29, 1.82) is 0 Å². The lowest BCUT2D eigenvalue weighted by Crippen LogP contribution is -2.36. The Balaban J connectivity index is 1.63. The number of aldehydes is 1. The van der Waals surface area contributed by atoms with Crippen molar-refractivity contribution in [1.82, 2.24) is 30.0 Å². The number of carbonyl (C=O) groups is 2. The Hall–Kier alpha value is -3.20. The van der Waals surface area contributed by atoms with Gasteiger partial charge in [0.25, 0.3) is 5.91 Å². The van der Waals surface area contributed by atoms with Gasteiger partial charge in [-0.05, 0) is 13.0 Å². The smallest absolute Gasteiger partial charge is 0.260 e. The highest BCUT2D eigenvalue weighted by Crippen LogP contribution is 2.30. The predicted molar refractivity (Wildman–Crippen MR) is 97.6 cm³/mol. The number of hydrogen-bond acceptors (Lipinski definition) is 6. The zero-order valence-electron chi connectivity index (χ0n) is 14.1. The molecular weight excluding hydrogens is 352 g/mol. The summed E-state index contributed by atoms with van der Waals surface area (Å²) >= 11 is 1.48. The molecule has 1 amide bonds. The van der Waals surface area contributed by atoms with Crippen LogP contribution in [0.4, 0.5) is 0 Å².